The van der Waals surface area contributed by atoms with Crippen LogP contribution in [0.3, 0.4) is 0 Å². The van der Waals surface area contributed by atoms with Gasteiger partial charge in [-0.15, -0.1) is 0 Å². The van der Waals surface area contributed by atoms with Crippen LogP contribution in [0.2, 0.25) is 0 Å². The lowest BCUT2D eigenvalue weighted by atomic mass is 10.1. The summed E-state index contributed by atoms with van der Waals surface area (Å²) in [7, 11) is 0. The normalized spacial score (nSPS) is 9.96. The maximum atomic E-state index is 12.9. The van der Waals surface area contributed by atoms with Gasteiger partial charge in [0, 0.05) is 11.4 Å². The summed E-state index contributed by atoms with van der Waals surface area (Å²) in [6, 6.07) is 27.5. The van der Waals surface area contributed by atoms with Crippen LogP contribution in [0, 0.1) is 11.3 Å². The van der Waals surface area contributed by atoms with Gasteiger partial charge in [0.05, 0.1) is 18.2 Å². The molecule has 0 saturated heterocycles. The summed E-state index contributed by atoms with van der Waals surface area (Å²) >= 11 is 0. The third kappa shape index (κ3) is 5.05. The van der Waals surface area contributed by atoms with Crippen molar-refractivity contribution in [2.75, 3.05) is 10.2 Å². The Morgan fingerprint density at radius 2 is 1.57 bits per heavy atom. The Kier molecular flexibility index (Phi) is 6.17. The summed E-state index contributed by atoms with van der Waals surface area (Å²) in [6.07, 6.45) is -0.293. The number of carbonyl (C=O) groups excluding carboxylic acids is 2. The Hall–Kier alpha value is -3.91. The number of anilines is 2. The summed E-state index contributed by atoms with van der Waals surface area (Å²) in [4.78, 5) is 26.9. The molecule has 5 nitrogen and oxygen atoms in total. The van der Waals surface area contributed by atoms with Crippen molar-refractivity contribution in [2.24, 2.45) is 0 Å². The van der Waals surface area contributed by atoms with Crippen LogP contribution in [0.15, 0.2) is 84.9 Å². The van der Waals surface area contributed by atoms with Gasteiger partial charge in [-0.05, 0) is 35.9 Å². The molecule has 3 rings (SSSR count). The SMILES string of the molecule is N#Cc1cccc(NC(=O)CC(=O)N(Cc2ccccc2)c2ccccc2)c1. The van der Waals surface area contributed by atoms with Crippen molar-refractivity contribution in [3.63, 3.8) is 0 Å². The molecule has 0 heterocycles. The van der Waals surface area contributed by atoms with E-state index in [0.29, 0.717) is 17.8 Å². The summed E-state index contributed by atoms with van der Waals surface area (Å²) in [5.41, 5.74) is 2.64. The fourth-order valence-electron chi connectivity index (χ4n) is 2.80. The summed E-state index contributed by atoms with van der Waals surface area (Å²) in [6.45, 7) is 0.376. The van der Waals surface area contributed by atoms with Crippen LogP contribution in [0.1, 0.15) is 17.5 Å². The van der Waals surface area contributed by atoms with Crippen LogP contribution in [0.25, 0.3) is 0 Å². The van der Waals surface area contributed by atoms with Gasteiger partial charge in [-0.25, -0.2) is 0 Å². The van der Waals surface area contributed by atoms with Gasteiger partial charge in [0.25, 0.3) is 0 Å². The molecule has 0 atom stereocenters. The molecule has 0 aliphatic rings. The van der Waals surface area contributed by atoms with E-state index < -0.39 is 5.91 Å². The molecule has 0 fully saturated rings. The van der Waals surface area contributed by atoms with E-state index in [9.17, 15) is 9.59 Å². The number of hydrogen-bond acceptors (Lipinski definition) is 3. The van der Waals surface area contributed by atoms with Gasteiger partial charge in [-0.3, -0.25) is 9.59 Å². The third-order valence-electron chi connectivity index (χ3n) is 4.14. The fraction of sp³-hybridized carbons (Fsp3) is 0.0870. The molecule has 0 radical (unpaired) electrons. The van der Waals surface area contributed by atoms with Crippen LogP contribution >= 0.6 is 0 Å². The van der Waals surface area contributed by atoms with E-state index in [4.69, 9.17) is 5.26 Å². The maximum Gasteiger partial charge on any atom is 0.236 e. The molecule has 0 aliphatic carbocycles. The van der Waals surface area contributed by atoms with Gasteiger partial charge in [0.15, 0.2) is 0 Å². The highest BCUT2D eigenvalue weighted by Crippen LogP contribution is 2.18. The lowest BCUT2D eigenvalue weighted by molar-refractivity contribution is -0.125. The van der Waals surface area contributed by atoms with Crippen molar-refractivity contribution in [1.82, 2.24) is 0 Å². The van der Waals surface area contributed by atoms with Crippen molar-refractivity contribution in [2.45, 2.75) is 13.0 Å². The quantitative estimate of drug-likeness (QED) is 0.664. The molecule has 0 unspecified atom stereocenters. The van der Waals surface area contributed by atoms with E-state index >= 15 is 0 Å². The highest BCUT2D eigenvalue weighted by molar-refractivity contribution is 6.09. The Bertz CT molecular complexity index is 995. The van der Waals surface area contributed by atoms with Gasteiger partial charge in [0.1, 0.15) is 6.42 Å². The monoisotopic (exact) mass is 369 g/mol. The van der Waals surface area contributed by atoms with Crippen LogP contribution in [-0.2, 0) is 16.1 Å². The largest absolute Gasteiger partial charge is 0.326 e. The first-order chi connectivity index (χ1) is 13.7. The van der Waals surface area contributed by atoms with Gasteiger partial charge < -0.3 is 10.2 Å². The molecule has 0 aliphatic heterocycles. The molecule has 0 aromatic heterocycles. The molecule has 3 aromatic carbocycles. The first-order valence-electron chi connectivity index (χ1n) is 8.85. The number of nitrogens with one attached hydrogen (secondary N) is 1. The summed E-state index contributed by atoms with van der Waals surface area (Å²) in [5.74, 6) is -0.724. The number of para-hydroxylation sites is 1. The number of hydrogen-bond donors (Lipinski definition) is 1. The molecule has 2 amide bonds. The zero-order chi connectivity index (χ0) is 19.8. The van der Waals surface area contributed by atoms with Crippen molar-refractivity contribution >= 4 is 23.2 Å². The highest BCUT2D eigenvalue weighted by atomic mass is 16.2. The van der Waals surface area contributed by atoms with Crippen molar-refractivity contribution < 1.29 is 9.59 Å². The van der Waals surface area contributed by atoms with Crippen molar-refractivity contribution in [3.8, 4) is 6.07 Å². The molecule has 1 N–H and O–H groups in total. The Labute approximate surface area is 163 Å². The van der Waals surface area contributed by atoms with Gasteiger partial charge in [-0.2, -0.15) is 5.26 Å². The number of benzene rings is 3. The van der Waals surface area contributed by atoms with Crippen molar-refractivity contribution in [1.29, 1.82) is 5.26 Å². The van der Waals surface area contributed by atoms with Gasteiger partial charge in [0.2, 0.25) is 11.8 Å². The Morgan fingerprint density at radius 3 is 2.25 bits per heavy atom. The Morgan fingerprint density at radius 1 is 0.893 bits per heavy atom. The first kappa shape index (κ1) is 18.9. The lowest BCUT2D eigenvalue weighted by Gasteiger charge is -2.23. The lowest BCUT2D eigenvalue weighted by Crippen LogP contribution is -2.33. The highest BCUT2D eigenvalue weighted by Gasteiger charge is 2.19. The predicted octanol–water partition coefficient (Wildman–Crippen LogP) is 4.12. The second kappa shape index (κ2) is 9.15. The number of rotatable bonds is 6. The second-order valence-electron chi connectivity index (χ2n) is 6.22. The average Bonchev–Trinajstić information content (AvgIpc) is 2.73. The summed E-state index contributed by atoms with van der Waals surface area (Å²) < 4.78 is 0. The second-order valence-corrected chi connectivity index (χ2v) is 6.22. The van der Waals surface area contributed by atoms with Gasteiger partial charge >= 0.3 is 0 Å². The smallest absolute Gasteiger partial charge is 0.236 e. The minimum absolute atomic E-state index is 0.293. The molecule has 0 bridgehead atoms. The minimum atomic E-state index is -0.422. The van der Waals surface area contributed by atoms with Crippen molar-refractivity contribution in [3.05, 3.63) is 96.1 Å². The molecule has 3 aromatic rings. The summed E-state index contributed by atoms with van der Waals surface area (Å²) in [5, 5.41) is 11.6. The molecular weight excluding hydrogens is 350 g/mol. The molecule has 28 heavy (non-hydrogen) atoms. The topological polar surface area (TPSA) is 73.2 Å². The van der Waals surface area contributed by atoms with Crippen LogP contribution in [-0.4, -0.2) is 11.8 Å². The number of nitrogens with zero attached hydrogens (tertiary/aromatic N) is 2. The van der Waals surface area contributed by atoms with Crippen LogP contribution in [0.4, 0.5) is 11.4 Å². The molecule has 5 heteroatoms. The minimum Gasteiger partial charge on any atom is -0.326 e. The van der Waals surface area contributed by atoms with E-state index in [2.05, 4.69) is 5.32 Å². The third-order valence-corrected chi connectivity index (χ3v) is 4.14. The number of nitriles is 1. The number of carbonyl (C=O) groups is 2. The zero-order valence-corrected chi connectivity index (χ0v) is 15.2. The van der Waals surface area contributed by atoms with E-state index in [1.54, 1.807) is 29.2 Å². The fourth-order valence-corrected chi connectivity index (χ4v) is 2.80. The van der Waals surface area contributed by atoms with E-state index in [1.807, 2.05) is 66.7 Å². The van der Waals surface area contributed by atoms with Crippen LogP contribution in [0.5, 0.6) is 0 Å². The average molecular weight is 369 g/mol. The van der Waals surface area contributed by atoms with Gasteiger partial charge in [-0.1, -0.05) is 54.6 Å². The molecule has 0 saturated carbocycles. The standard InChI is InChI=1S/C23H19N3O2/c24-16-19-10-7-11-20(14-19)25-22(27)15-23(28)26(21-12-5-2-6-13-21)17-18-8-3-1-4-9-18/h1-14H,15,17H2,(H,25,27). The van der Waals surface area contributed by atoms with E-state index in [1.165, 1.54) is 0 Å². The zero-order valence-electron chi connectivity index (χ0n) is 15.2. The van der Waals surface area contributed by atoms with Crippen LogP contribution < -0.4 is 10.2 Å². The van der Waals surface area contributed by atoms with E-state index in [-0.39, 0.29) is 12.3 Å². The Balaban J connectivity index is 1.73. The molecule has 138 valence electrons. The molecular formula is C23H19N3O2. The van der Waals surface area contributed by atoms with E-state index in [0.717, 1.165) is 11.3 Å². The maximum absolute atomic E-state index is 12.9. The first-order valence-corrected chi connectivity index (χ1v) is 8.85. The predicted molar refractivity (Wildman–Crippen MR) is 108 cm³/mol. The molecule has 0 spiro atoms. The number of amides is 2.